The molecule has 0 aromatic carbocycles. The van der Waals surface area contributed by atoms with E-state index in [9.17, 15) is 81.7 Å². The van der Waals surface area contributed by atoms with Crippen LogP contribution in [-0.4, -0.2) is 274 Å². The van der Waals surface area contributed by atoms with Gasteiger partial charge in [-0.05, 0) is 124 Å². The molecular formula is C58H98O26. The van der Waals surface area contributed by atoms with Crippen molar-refractivity contribution in [2.45, 2.75) is 272 Å². The summed E-state index contributed by atoms with van der Waals surface area (Å²) in [5.74, 6) is -0.575. The first kappa shape index (κ1) is 67.1. The van der Waals surface area contributed by atoms with Crippen LogP contribution in [0, 0.1) is 45.3 Å². The van der Waals surface area contributed by atoms with Crippen LogP contribution >= 0.6 is 0 Å². The second-order valence-electron chi connectivity index (χ2n) is 27.6. The van der Waals surface area contributed by atoms with Gasteiger partial charge in [0.1, 0.15) is 110 Å². The molecule has 26 nitrogen and oxygen atoms in total. The predicted octanol–water partition coefficient (Wildman–Crippen LogP) is -3.10. The lowest BCUT2D eigenvalue weighted by Gasteiger charge is -2.71. The van der Waals surface area contributed by atoms with E-state index in [1.54, 1.807) is 0 Å². The molecule has 4 aliphatic carbocycles. The Labute approximate surface area is 490 Å². The molecule has 9 rings (SSSR count). The van der Waals surface area contributed by atoms with Crippen molar-refractivity contribution in [2.24, 2.45) is 45.3 Å². The average Bonchev–Trinajstić information content (AvgIpc) is 1.31. The highest BCUT2D eigenvalue weighted by Crippen LogP contribution is 2.76. The Morgan fingerprint density at radius 1 is 0.524 bits per heavy atom. The first-order chi connectivity index (χ1) is 39.4. The summed E-state index contributed by atoms with van der Waals surface area (Å²) in [5, 5.41) is 174. The van der Waals surface area contributed by atoms with Gasteiger partial charge in [0.2, 0.25) is 0 Å². The summed E-state index contributed by atoms with van der Waals surface area (Å²) in [6.07, 6.45) is -30.4. The van der Waals surface area contributed by atoms with Crippen LogP contribution in [0.2, 0.25) is 0 Å². The largest absolute Gasteiger partial charge is 0.394 e. The smallest absolute Gasteiger partial charge is 0.187 e. The van der Waals surface area contributed by atoms with Crippen molar-refractivity contribution in [2.75, 3.05) is 33.0 Å². The molecule has 26 heteroatoms. The van der Waals surface area contributed by atoms with Gasteiger partial charge >= 0.3 is 0 Å². The molecule has 0 bridgehead atoms. The van der Waals surface area contributed by atoms with Crippen molar-refractivity contribution in [1.29, 1.82) is 0 Å². The van der Waals surface area contributed by atoms with Gasteiger partial charge in [0.15, 0.2) is 31.5 Å². The fourth-order valence-electron chi connectivity index (χ4n) is 17.2. The van der Waals surface area contributed by atoms with Crippen molar-refractivity contribution in [3.63, 3.8) is 0 Å². The van der Waals surface area contributed by atoms with Crippen molar-refractivity contribution in [3.8, 4) is 0 Å². The summed E-state index contributed by atoms with van der Waals surface area (Å²) in [5.41, 5.74) is -1.75. The minimum atomic E-state index is -1.88. The number of ether oxygens (including phenoxy) is 10. The first-order valence-corrected chi connectivity index (χ1v) is 30.2. The summed E-state index contributed by atoms with van der Waals surface area (Å²) >= 11 is 0. The van der Waals surface area contributed by atoms with Crippen LogP contribution in [0.25, 0.3) is 0 Å². The van der Waals surface area contributed by atoms with Crippen molar-refractivity contribution >= 4 is 0 Å². The number of aliphatic hydroxyl groups excluding tert-OH is 16. The second-order valence-corrected chi connectivity index (χ2v) is 27.6. The molecule has 0 aromatic heterocycles. The van der Waals surface area contributed by atoms with E-state index in [0.29, 0.717) is 38.5 Å². The average molecular weight is 1210 g/mol. The van der Waals surface area contributed by atoms with E-state index in [1.165, 1.54) is 0 Å². The van der Waals surface area contributed by atoms with Crippen LogP contribution in [0.4, 0.5) is 0 Å². The summed E-state index contributed by atoms with van der Waals surface area (Å²) in [4.78, 5) is 0. The number of hydrogen-bond donors (Lipinski definition) is 16. The van der Waals surface area contributed by atoms with Gasteiger partial charge < -0.3 is 129 Å². The molecular weight excluding hydrogens is 1110 g/mol. The molecule has 0 amide bonds. The molecule has 486 valence electrons. The van der Waals surface area contributed by atoms with Gasteiger partial charge in [0.25, 0.3) is 0 Å². The third-order valence-electron chi connectivity index (χ3n) is 22.3. The maximum absolute atomic E-state index is 12.9. The lowest BCUT2D eigenvalue weighted by molar-refractivity contribution is -0.395. The van der Waals surface area contributed by atoms with Crippen LogP contribution in [0.1, 0.15) is 113 Å². The van der Waals surface area contributed by atoms with Crippen LogP contribution in [-0.2, 0) is 47.4 Å². The Morgan fingerprint density at radius 3 is 1.63 bits per heavy atom. The highest BCUT2D eigenvalue weighted by Gasteiger charge is 2.72. The van der Waals surface area contributed by atoms with Gasteiger partial charge in [-0.15, -0.1) is 0 Å². The Hall–Kier alpha value is -1.30. The highest BCUT2D eigenvalue weighted by atomic mass is 16.8. The minimum absolute atomic E-state index is 0.00396. The highest BCUT2D eigenvalue weighted by molar-refractivity contribution is 5.21. The van der Waals surface area contributed by atoms with E-state index >= 15 is 0 Å². The van der Waals surface area contributed by atoms with Crippen LogP contribution < -0.4 is 0 Å². The van der Waals surface area contributed by atoms with Crippen molar-refractivity contribution < 1.29 is 129 Å². The maximum Gasteiger partial charge on any atom is 0.187 e. The molecule has 0 spiro atoms. The molecule has 0 unspecified atom stereocenters. The van der Waals surface area contributed by atoms with E-state index in [-0.39, 0.29) is 34.5 Å². The van der Waals surface area contributed by atoms with Crippen molar-refractivity contribution in [3.05, 3.63) is 11.6 Å². The minimum Gasteiger partial charge on any atom is -0.394 e. The molecule has 16 N–H and O–H groups in total. The number of fused-ring (bicyclic) bond motifs is 5. The fraction of sp³-hybridized carbons (Fsp3) is 0.966. The molecule has 9 fully saturated rings. The third-order valence-corrected chi connectivity index (χ3v) is 22.3. The number of rotatable bonds is 18. The first-order valence-electron chi connectivity index (χ1n) is 30.2. The van der Waals surface area contributed by atoms with Crippen LogP contribution in [0.3, 0.4) is 0 Å². The van der Waals surface area contributed by atoms with Gasteiger partial charge in [-0.2, -0.15) is 0 Å². The number of aliphatic hydroxyl groups is 16. The Balaban J connectivity index is 0.935. The topological polar surface area (TPSA) is 416 Å². The van der Waals surface area contributed by atoms with Gasteiger partial charge in [0, 0.05) is 0 Å². The lowest BCUT2D eigenvalue weighted by atomic mass is 9.35. The van der Waals surface area contributed by atoms with E-state index < -0.39 is 203 Å². The molecule has 9 aliphatic rings. The summed E-state index contributed by atoms with van der Waals surface area (Å²) in [6.45, 7) is 14.1. The normalized spacial score (nSPS) is 52.9. The second kappa shape index (κ2) is 25.8. The van der Waals surface area contributed by atoms with E-state index in [2.05, 4.69) is 40.7 Å². The zero-order valence-electron chi connectivity index (χ0n) is 49.5. The molecule has 33 atom stereocenters. The van der Waals surface area contributed by atoms with Gasteiger partial charge in [-0.25, -0.2) is 0 Å². The zero-order chi connectivity index (χ0) is 61.5. The van der Waals surface area contributed by atoms with Crippen LogP contribution in [0.5, 0.6) is 0 Å². The van der Waals surface area contributed by atoms with Gasteiger partial charge in [-0.1, -0.05) is 46.3 Å². The quantitative estimate of drug-likeness (QED) is 0.0477. The molecule has 5 saturated heterocycles. The monoisotopic (exact) mass is 1210 g/mol. The lowest BCUT2D eigenvalue weighted by Crippen LogP contribution is -2.68. The molecule has 84 heavy (non-hydrogen) atoms. The predicted molar refractivity (Wildman–Crippen MR) is 287 cm³/mol. The Bertz CT molecular complexity index is 2210. The third kappa shape index (κ3) is 11.9. The molecule has 0 aromatic rings. The van der Waals surface area contributed by atoms with Gasteiger partial charge in [0.05, 0.1) is 50.8 Å². The van der Waals surface area contributed by atoms with Crippen molar-refractivity contribution in [1.82, 2.24) is 0 Å². The number of allylic oxidation sites excluding steroid dienone is 2. The summed E-state index contributed by atoms with van der Waals surface area (Å²) in [6, 6.07) is 0. The van der Waals surface area contributed by atoms with E-state index in [0.717, 1.165) is 24.8 Å². The molecule has 5 heterocycles. The SMILES string of the molecule is CC(C)=CCC[C@](C)(O[C@@H]1O[C@H](CO[C@H]2O[C@H](CO)[C@@H](O)[C@@H]2O)[C@@H](O)[C@H](O)[C@H]1O)[C@H]1CC[C@]2(C)[C@@H]1[C@H](O)C[C@@H]1[C@@]3(C)CC[C@H](O[C@@H]4O[C@H](CO)[C@@H](O)[C@H](O)[C@H]4O[C@@H]4O[C@H](CO)[C@@H](O)[C@H](O)[C@H]4O[C@@H]4OC[C@@H](O)[C@H](O)[C@H]4O)C(C)(C)[C@@H]3CC[C@]12C. The Kier molecular flexibility index (Phi) is 20.6. The summed E-state index contributed by atoms with van der Waals surface area (Å²) < 4.78 is 61.0. The fourth-order valence-corrected chi connectivity index (χ4v) is 17.2. The van der Waals surface area contributed by atoms with E-state index in [1.807, 2.05) is 20.8 Å². The van der Waals surface area contributed by atoms with Gasteiger partial charge in [-0.3, -0.25) is 0 Å². The maximum atomic E-state index is 12.9. The van der Waals surface area contributed by atoms with E-state index in [4.69, 9.17) is 47.4 Å². The standard InChI is InChI=1S/C58H98O26/c1-24(2)10-9-14-58(8,84-51-46(74)41(69)40(68)31(80-51)23-76-49-45(73)39(67)30(21-61)77-49)25-11-16-57(7)35(25)26(62)18-33-55(5)15-13-34(54(3,4)32(55)12-17-56(33,57)6)81-52-47(42(70)37(65)28(19-59)78-52)83-53-48(43(71)38(66)29(20-60)79-53)82-50-44(72)36(64)27(63)22-75-50/h10,25-53,59-74H,9,11-23H2,1-8H3/t25-,26+,27+,28+,29+,30+,31+,32-,33+,34-,35-,36-,37+,38+,39+,40+,41-,42-,43-,44+,45-,46+,47+,48+,49-,50-,51-,52-,53-,55-,56+,57+,58-/m0/s1. The zero-order valence-corrected chi connectivity index (χ0v) is 49.5. The molecule has 5 aliphatic heterocycles. The number of hydrogen-bond acceptors (Lipinski definition) is 26. The molecule has 0 radical (unpaired) electrons. The molecule has 4 saturated carbocycles. The Morgan fingerprint density at radius 2 is 1.04 bits per heavy atom. The summed E-state index contributed by atoms with van der Waals surface area (Å²) in [7, 11) is 0. The van der Waals surface area contributed by atoms with Crippen LogP contribution in [0.15, 0.2) is 11.6 Å².